The number of nitrogens with zero attached hydrogens (tertiary/aromatic N) is 1. The Balaban J connectivity index is 0.00000392. The van der Waals surface area contributed by atoms with Gasteiger partial charge in [0, 0.05) is 19.6 Å². The van der Waals surface area contributed by atoms with Crippen LogP contribution in [-0.4, -0.2) is 34.5 Å². The SMILES string of the molecule is CN=C(NCc1ccc(S(=O)(=O)NC)cc1)NC(C)CCC1CCCCC1.I. The maximum absolute atomic E-state index is 11.8. The second-order valence-electron chi connectivity index (χ2n) is 7.40. The van der Waals surface area contributed by atoms with E-state index >= 15 is 0 Å². The fourth-order valence-corrected chi connectivity index (χ4v) is 4.28. The quantitative estimate of drug-likeness (QED) is 0.277. The Hall–Kier alpha value is -0.870. The molecule has 0 heterocycles. The highest BCUT2D eigenvalue weighted by atomic mass is 127. The molecule has 1 atom stereocenters. The molecule has 1 aliphatic carbocycles. The first-order valence-corrected chi connectivity index (χ1v) is 11.4. The molecule has 28 heavy (non-hydrogen) atoms. The third-order valence-electron chi connectivity index (χ3n) is 5.30. The maximum atomic E-state index is 11.8. The maximum Gasteiger partial charge on any atom is 0.240 e. The number of guanidine groups is 1. The van der Waals surface area contributed by atoms with E-state index in [1.807, 2.05) is 12.1 Å². The number of nitrogens with one attached hydrogen (secondary N) is 3. The monoisotopic (exact) mass is 522 g/mol. The van der Waals surface area contributed by atoms with Crippen molar-refractivity contribution in [2.75, 3.05) is 14.1 Å². The molecule has 0 spiro atoms. The van der Waals surface area contributed by atoms with Crippen LogP contribution in [-0.2, 0) is 16.6 Å². The number of hydrogen-bond donors (Lipinski definition) is 3. The van der Waals surface area contributed by atoms with Crippen molar-refractivity contribution in [3.63, 3.8) is 0 Å². The van der Waals surface area contributed by atoms with Crippen LogP contribution < -0.4 is 15.4 Å². The largest absolute Gasteiger partial charge is 0.354 e. The van der Waals surface area contributed by atoms with Crippen molar-refractivity contribution in [1.29, 1.82) is 0 Å². The zero-order valence-electron chi connectivity index (χ0n) is 17.2. The van der Waals surface area contributed by atoms with Crippen LogP contribution in [0.25, 0.3) is 0 Å². The van der Waals surface area contributed by atoms with Gasteiger partial charge >= 0.3 is 0 Å². The van der Waals surface area contributed by atoms with Gasteiger partial charge in [0.15, 0.2) is 5.96 Å². The van der Waals surface area contributed by atoms with Crippen LogP contribution in [0.15, 0.2) is 34.2 Å². The molecule has 0 aliphatic heterocycles. The molecule has 1 fully saturated rings. The summed E-state index contributed by atoms with van der Waals surface area (Å²) in [7, 11) is -0.207. The minimum Gasteiger partial charge on any atom is -0.354 e. The second-order valence-corrected chi connectivity index (χ2v) is 9.29. The van der Waals surface area contributed by atoms with E-state index in [-0.39, 0.29) is 28.9 Å². The number of halogens is 1. The van der Waals surface area contributed by atoms with Crippen molar-refractivity contribution in [2.45, 2.75) is 69.4 Å². The fraction of sp³-hybridized carbons (Fsp3) is 0.650. The lowest BCUT2D eigenvalue weighted by Crippen LogP contribution is -2.42. The van der Waals surface area contributed by atoms with Crippen molar-refractivity contribution in [1.82, 2.24) is 15.4 Å². The number of aliphatic imine (C=N–C) groups is 1. The number of rotatable bonds is 8. The summed E-state index contributed by atoms with van der Waals surface area (Å²) in [5.41, 5.74) is 1.00. The molecule has 0 saturated heterocycles. The third-order valence-corrected chi connectivity index (χ3v) is 6.73. The summed E-state index contributed by atoms with van der Waals surface area (Å²) in [6, 6.07) is 7.24. The molecular formula is C20H35IN4O2S. The first kappa shape index (κ1) is 25.2. The van der Waals surface area contributed by atoms with Crippen molar-refractivity contribution < 1.29 is 8.42 Å². The van der Waals surface area contributed by atoms with Crippen LogP contribution in [0.5, 0.6) is 0 Å². The first-order valence-electron chi connectivity index (χ1n) is 9.94. The molecule has 1 saturated carbocycles. The average molecular weight is 522 g/mol. The number of benzene rings is 1. The minimum absolute atomic E-state index is 0. The van der Waals surface area contributed by atoms with E-state index in [1.54, 1.807) is 19.2 Å². The van der Waals surface area contributed by atoms with E-state index in [9.17, 15) is 8.42 Å². The van der Waals surface area contributed by atoms with Crippen LogP contribution in [0.3, 0.4) is 0 Å². The summed E-state index contributed by atoms with van der Waals surface area (Å²) in [6.07, 6.45) is 9.41. The van der Waals surface area contributed by atoms with Gasteiger partial charge in [-0.1, -0.05) is 44.2 Å². The topological polar surface area (TPSA) is 82.6 Å². The van der Waals surface area contributed by atoms with Gasteiger partial charge in [-0.3, -0.25) is 4.99 Å². The van der Waals surface area contributed by atoms with E-state index < -0.39 is 10.0 Å². The molecule has 6 nitrogen and oxygen atoms in total. The Labute approximate surface area is 187 Å². The third kappa shape index (κ3) is 8.24. The zero-order chi connectivity index (χ0) is 19.7. The van der Waals surface area contributed by atoms with E-state index in [4.69, 9.17) is 0 Å². The molecule has 160 valence electrons. The van der Waals surface area contributed by atoms with Crippen LogP contribution in [0.1, 0.15) is 57.4 Å². The van der Waals surface area contributed by atoms with Gasteiger partial charge in [0.1, 0.15) is 0 Å². The lowest BCUT2D eigenvalue weighted by molar-refractivity contribution is 0.322. The molecule has 1 aromatic carbocycles. The fourth-order valence-electron chi connectivity index (χ4n) is 3.55. The number of sulfonamides is 1. The molecule has 0 bridgehead atoms. The lowest BCUT2D eigenvalue weighted by Gasteiger charge is -2.24. The average Bonchev–Trinajstić information content (AvgIpc) is 2.70. The van der Waals surface area contributed by atoms with E-state index in [1.165, 1.54) is 45.6 Å². The van der Waals surface area contributed by atoms with E-state index in [2.05, 4.69) is 27.3 Å². The van der Waals surface area contributed by atoms with Crippen molar-refractivity contribution in [3.05, 3.63) is 29.8 Å². The normalized spacial score (nSPS) is 16.9. The van der Waals surface area contributed by atoms with Gasteiger partial charge in [0.05, 0.1) is 4.90 Å². The Kier molecular flexibility index (Phi) is 11.4. The molecule has 0 aromatic heterocycles. The van der Waals surface area contributed by atoms with Gasteiger partial charge in [-0.2, -0.15) is 0 Å². The smallest absolute Gasteiger partial charge is 0.240 e. The minimum atomic E-state index is -3.39. The highest BCUT2D eigenvalue weighted by Crippen LogP contribution is 2.27. The molecule has 2 rings (SSSR count). The van der Waals surface area contributed by atoms with E-state index in [0.29, 0.717) is 12.6 Å². The Morgan fingerprint density at radius 3 is 2.39 bits per heavy atom. The van der Waals surface area contributed by atoms with Crippen LogP contribution >= 0.6 is 24.0 Å². The standard InChI is InChI=1S/C20H34N4O2S.HI/c1-16(9-10-17-7-5-4-6-8-17)24-20(21-2)23-15-18-11-13-19(14-12-18)27(25,26)22-3;/h11-14,16-17,22H,4-10,15H2,1-3H3,(H2,21,23,24);1H. The van der Waals surface area contributed by atoms with Gasteiger partial charge in [-0.25, -0.2) is 13.1 Å². The summed E-state index contributed by atoms with van der Waals surface area (Å²) in [6.45, 7) is 2.79. The van der Waals surface area contributed by atoms with Crippen LogP contribution in [0.2, 0.25) is 0 Å². The molecule has 8 heteroatoms. The summed E-state index contributed by atoms with van der Waals surface area (Å²) in [5.74, 6) is 1.67. The summed E-state index contributed by atoms with van der Waals surface area (Å²) < 4.78 is 25.9. The Morgan fingerprint density at radius 1 is 1.18 bits per heavy atom. The van der Waals surface area contributed by atoms with Gasteiger partial charge in [0.25, 0.3) is 0 Å². The number of hydrogen-bond acceptors (Lipinski definition) is 3. The predicted molar refractivity (Wildman–Crippen MR) is 127 cm³/mol. The van der Waals surface area contributed by atoms with Gasteiger partial charge in [0.2, 0.25) is 10.0 Å². The highest BCUT2D eigenvalue weighted by molar-refractivity contribution is 14.0. The van der Waals surface area contributed by atoms with Crippen molar-refractivity contribution in [3.8, 4) is 0 Å². The van der Waals surface area contributed by atoms with Crippen LogP contribution in [0.4, 0.5) is 0 Å². The van der Waals surface area contributed by atoms with Gasteiger partial charge in [-0.05, 0) is 50.4 Å². The summed E-state index contributed by atoms with van der Waals surface area (Å²) in [4.78, 5) is 4.57. The molecule has 1 unspecified atom stereocenters. The Morgan fingerprint density at radius 2 is 1.82 bits per heavy atom. The highest BCUT2D eigenvalue weighted by Gasteiger charge is 2.15. The molecule has 0 radical (unpaired) electrons. The molecular weight excluding hydrogens is 487 g/mol. The summed E-state index contributed by atoms with van der Waals surface area (Å²) in [5, 5.41) is 6.75. The molecule has 1 aromatic rings. The van der Waals surface area contributed by atoms with Crippen molar-refractivity contribution in [2.24, 2.45) is 10.9 Å². The second kappa shape index (κ2) is 12.6. The first-order chi connectivity index (χ1) is 12.9. The molecule has 1 aliphatic rings. The van der Waals surface area contributed by atoms with Gasteiger partial charge < -0.3 is 10.6 Å². The van der Waals surface area contributed by atoms with Crippen LogP contribution in [0, 0.1) is 5.92 Å². The predicted octanol–water partition coefficient (Wildman–Crippen LogP) is 3.63. The Bertz CT molecular complexity index is 701. The lowest BCUT2D eigenvalue weighted by atomic mass is 9.85. The van der Waals surface area contributed by atoms with Gasteiger partial charge in [-0.15, -0.1) is 24.0 Å². The van der Waals surface area contributed by atoms with E-state index in [0.717, 1.165) is 23.9 Å². The molecule has 0 amide bonds. The van der Waals surface area contributed by atoms with Crippen molar-refractivity contribution >= 4 is 40.0 Å². The zero-order valence-corrected chi connectivity index (χ0v) is 20.3. The summed E-state index contributed by atoms with van der Waals surface area (Å²) >= 11 is 0. The molecule has 3 N–H and O–H groups in total.